The molecule has 5 heteroatoms. The van der Waals surface area contributed by atoms with Crippen molar-refractivity contribution in [1.29, 1.82) is 0 Å². The van der Waals surface area contributed by atoms with Crippen LogP contribution >= 0.6 is 0 Å². The largest absolute Gasteiger partial charge is 0.497 e. The van der Waals surface area contributed by atoms with Crippen molar-refractivity contribution in [3.8, 4) is 17.2 Å². The van der Waals surface area contributed by atoms with E-state index in [-0.39, 0.29) is 11.9 Å². The molecule has 0 spiro atoms. The highest BCUT2D eigenvalue weighted by molar-refractivity contribution is 5.94. The first-order valence-electron chi connectivity index (χ1n) is 10.1. The normalized spacial score (nSPS) is 13.4. The molecule has 0 radical (unpaired) electrons. The van der Waals surface area contributed by atoms with Crippen molar-refractivity contribution in [3.63, 3.8) is 0 Å². The predicted molar refractivity (Wildman–Crippen MR) is 115 cm³/mol. The molecule has 0 saturated heterocycles. The zero-order valence-corrected chi connectivity index (χ0v) is 17.0. The highest BCUT2D eigenvalue weighted by atomic mass is 16.6. The van der Waals surface area contributed by atoms with E-state index in [0.29, 0.717) is 18.8 Å². The van der Waals surface area contributed by atoms with Gasteiger partial charge < -0.3 is 19.5 Å². The highest BCUT2D eigenvalue weighted by Gasteiger charge is 2.20. The number of carbonyl (C=O) groups excluding carboxylic acids is 1. The average molecular weight is 403 g/mol. The van der Waals surface area contributed by atoms with Crippen LogP contribution in [0.25, 0.3) is 0 Å². The minimum Gasteiger partial charge on any atom is -0.497 e. The summed E-state index contributed by atoms with van der Waals surface area (Å²) in [5, 5.41) is 3.19. The second-order valence-corrected chi connectivity index (χ2v) is 7.18. The zero-order chi connectivity index (χ0) is 20.8. The summed E-state index contributed by atoms with van der Waals surface area (Å²) in [7, 11) is 1.61. The number of aryl methyl sites for hydroxylation is 1. The third-order valence-electron chi connectivity index (χ3n) is 5.19. The van der Waals surface area contributed by atoms with Gasteiger partial charge in [-0.15, -0.1) is 0 Å². The zero-order valence-electron chi connectivity index (χ0n) is 17.0. The molecule has 3 aromatic carbocycles. The van der Waals surface area contributed by atoms with Gasteiger partial charge in [0.2, 0.25) is 0 Å². The molecule has 0 saturated carbocycles. The lowest BCUT2D eigenvalue weighted by Crippen LogP contribution is -2.29. The summed E-state index contributed by atoms with van der Waals surface area (Å²) in [6.45, 7) is 1.08. The number of carbonyl (C=O) groups is 1. The SMILES string of the molecule is COc1ccc(C(=O)NC(CCc2ccccc2)c2ccc3c(c2)OCCO3)cc1. The van der Waals surface area contributed by atoms with Crippen LogP contribution in [-0.4, -0.2) is 26.2 Å². The van der Waals surface area contributed by atoms with Gasteiger partial charge in [-0.1, -0.05) is 36.4 Å². The highest BCUT2D eigenvalue weighted by Crippen LogP contribution is 2.34. The Hall–Kier alpha value is -3.47. The summed E-state index contributed by atoms with van der Waals surface area (Å²) in [5.74, 6) is 2.07. The summed E-state index contributed by atoms with van der Waals surface area (Å²) in [5.41, 5.74) is 2.83. The molecule has 1 aliphatic heterocycles. The number of fused-ring (bicyclic) bond motifs is 1. The Labute approximate surface area is 176 Å². The van der Waals surface area contributed by atoms with Crippen molar-refractivity contribution in [3.05, 3.63) is 89.5 Å². The molecule has 1 amide bonds. The Morgan fingerprint density at radius 2 is 1.70 bits per heavy atom. The quantitative estimate of drug-likeness (QED) is 0.628. The monoisotopic (exact) mass is 403 g/mol. The van der Waals surface area contributed by atoms with E-state index in [4.69, 9.17) is 14.2 Å². The molecule has 3 aromatic rings. The van der Waals surface area contributed by atoms with Gasteiger partial charge in [-0.25, -0.2) is 0 Å². The molecule has 0 aromatic heterocycles. The third kappa shape index (κ3) is 4.74. The standard InChI is InChI=1S/C25H25NO4/c1-28-21-11-8-19(9-12-21)25(27)26-22(13-7-18-5-3-2-4-6-18)20-10-14-23-24(17-20)30-16-15-29-23/h2-6,8-12,14,17,22H,7,13,15-16H2,1H3,(H,26,27). The fourth-order valence-corrected chi connectivity index (χ4v) is 3.54. The van der Waals surface area contributed by atoms with E-state index < -0.39 is 0 Å². The maximum Gasteiger partial charge on any atom is 0.251 e. The number of ether oxygens (including phenoxy) is 3. The first-order chi connectivity index (χ1) is 14.7. The Bertz CT molecular complexity index is 986. The van der Waals surface area contributed by atoms with E-state index in [1.807, 2.05) is 36.4 Å². The summed E-state index contributed by atoms with van der Waals surface area (Å²) >= 11 is 0. The lowest BCUT2D eigenvalue weighted by molar-refractivity contribution is 0.0934. The molecule has 154 valence electrons. The summed E-state index contributed by atoms with van der Waals surface area (Å²) in [6, 6.07) is 23.1. The number of hydrogen-bond acceptors (Lipinski definition) is 4. The van der Waals surface area contributed by atoms with E-state index in [2.05, 4.69) is 17.4 Å². The van der Waals surface area contributed by atoms with Crippen LogP contribution in [0.15, 0.2) is 72.8 Å². The third-order valence-corrected chi connectivity index (χ3v) is 5.19. The van der Waals surface area contributed by atoms with E-state index in [0.717, 1.165) is 35.7 Å². The van der Waals surface area contributed by atoms with E-state index in [1.54, 1.807) is 31.4 Å². The second kappa shape index (κ2) is 9.35. The van der Waals surface area contributed by atoms with E-state index in [1.165, 1.54) is 5.56 Å². The molecule has 5 nitrogen and oxygen atoms in total. The van der Waals surface area contributed by atoms with Crippen LogP contribution in [0.2, 0.25) is 0 Å². The van der Waals surface area contributed by atoms with Gasteiger partial charge in [0.05, 0.1) is 13.2 Å². The Morgan fingerprint density at radius 1 is 0.967 bits per heavy atom. The molecule has 0 fully saturated rings. The molecule has 0 aliphatic carbocycles. The summed E-state index contributed by atoms with van der Waals surface area (Å²) < 4.78 is 16.6. The van der Waals surface area contributed by atoms with Crippen molar-refractivity contribution in [2.24, 2.45) is 0 Å². The number of nitrogens with one attached hydrogen (secondary N) is 1. The fraction of sp³-hybridized carbons (Fsp3) is 0.240. The Balaban J connectivity index is 1.55. The minimum absolute atomic E-state index is 0.120. The van der Waals surface area contributed by atoms with Gasteiger partial charge in [-0.3, -0.25) is 4.79 Å². The van der Waals surface area contributed by atoms with Gasteiger partial charge in [-0.2, -0.15) is 0 Å². The maximum absolute atomic E-state index is 12.9. The molecule has 1 N–H and O–H groups in total. The van der Waals surface area contributed by atoms with Crippen LogP contribution < -0.4 is 19.5 Å². The molecule has 1 heterocycles. The van der Waals surface area contributed by atoms with Crippen LogP contribution in [0.5, 0.6) is 17.2 Å². The van der Waals surface area contributed by atoms with Crippen molar-refractivity contribution >= 4 is 5.91 Å². The number of benzene rings is 3. The van der Waals surface area contributed by atoms with Gasteiger partial charge in [0.15, 0.2) is 11.5 Å². The van der Waals surface area contributed by atoms with Crippen LogP contribution in [0.1, 0.15) is 33.9 Å². The van der Waals surface area contributed by atoms with Gasteiger partial charge in [-0.05, 0) is 60.4 Å². The number of methoxy groups -OCH3 is 1. The Morgan fingerprint density at radius 3 is 2.43 bits per heavy atom. The van der Waals surface area contributed by atoms with Gasteiger partial charge in [0, 0.05) is 5.56 Å². The summed E-state index contributed by atoms with van der Waals surface area (Å²) in [4.78, 5) is 12.9. The van der Waals surface area contributed by atoms with E-state index >= 15 is 0 Å². The first kappa shape index (κ1) is 19.8. The molecule has 1 aliphatic rings. The minimum atomic E-state index is -0.157. The van der Waals surface area contributed by atoms with Crippen LogP contribution in [-0.2, 0) is 6.42 Å². The van der Waals surface area contributed by atoms with Crippen molar-refractivity contribution in [2.45, 2.75) is 18.9 Å². The van der Waals surface area contributed by atoms with Crippen molar-refractivity contribution < 1.29 is 19.0 Å². The van der Waals surface area contributed by atoms with Gasteiger partial charge in [0.1, 0.15) is 19.0 Å². The number of hydrogen-bond donors (Lipinski definition) is 1. The average Bonchev–Trinajstić information content (AvgIpc) is 2.82. The lowest BCUT2D eigenvalue weighted by Gasteiger charge is -2.23. The number of amides is 1. The molecule has 1 atom stereocenters. The molecule has 0 bridgehead atoms. The molecule has 4 rings (SSSR count). The Kier molecular flexibility index (Phi) is 6.18. The van der Waals surface area contributed by atoms with Crippen molar-refractivity contribution in [2.75, 3.05) is 20.3 Å². The topological polar surface area (TPSA) is 56.8 Å². The lowest BCUT2D eigenvalue weighted by atomic mass is 9.98. The predicted octanol–water partition coefficient (Wildman–Crippen LogP) is 4.57. The molecule has 30 heavy (non-hydrogen) atoms. The molecule has 1 unspecified atom stereocenters. The number of rotatable bonds is 7. The van der Waals surface area contributed by atoms with Crippen molar-refractivity contribution in [1.82, 2.24) is 5.32 Å². The van der Waals surface area contributed by atoms with Crippen LogP contribution in [0.4, 0.5) is 0 Å². The fourth-order valence-electron chi connectivity index (χ4n) is 3.54. The van der Waals surface area contributed by atoms with E-state index in [9.17, 15) is 4.79 Å². The van der Waals surface area contributed by atoms with Crippen LogP contribution in [0.3, 0.4) is 0 Å². The smallest absolute Gasteiger partial charge is 0.251 e. The molecular weight excluding hydrogens is 378 g/mol. The second-order valence-electron chi connectivity index (χ2n) is 7.18. The maximum atomic E-state index is 12.9. The van der Waals surface area contributed by atoms with Crippen LogP contribution in [0, 0.1) is 0 Å². The summed E-state index contributed by atoms with van der Waals surface area (Å²) in [6.07, 6.45) is 1.62. The van der Waals surface area contributed by atoms with Gasteiger partial charge in [0.25, 0.3) is 5.91 Å². The van der Waals surface area contributed by atoms with Gasteiger partial charge >= 0.3 is 0 Å². The molecular formula is C25H25NO4. The first-order valence-corrected chi connectivity index (χ1v) is 10.1.